The molecular weight excluding hydrogens is 351 g/mol. The third-order valence-electron chi connectivity index (χ3n) is 3.56. The van der Waals surface area contributed by atoms with E-state index in [0.29, 0.717) is 6.61 Å². The fraction of sp³-hybridized carbons (Fsp3) is 0.500. The molecule has 22 heavy (non-hydrogen) atoms. The monoisotopic (exact) mass is 374 g/mol. The topological polar surface area (TPSA) is 18.5 Å². The largest absolute Gasteiger partial charge is 0.544 e. The van der Waals surface area contributed by atoms with Gasteiger partial charge in [0.15, 0.2) is 0 Å². The lowest BCUT2D eigenvalue weighted by Crippen LogP contribution is -2.26. The Hall–Kier alpha value is -0.426. The lowest BCUT2D eigenvalue weighted by molar-refractivity contribution is 0.241. The Balaban J connectivity index is 2.26. The second-order valence-corrected chi connectivity index (χ2v) is 13.8. The van der Waals surface area contributed by atoms with Crippen LogP contribution in [0.3, 0.4) is 0 Å². The predicted octanol–water partition coefficient (Wildman–Crippen LogP) is 4.91. The van der Waals surface area contributed by atoms with Crippen LogP contribution < -0.4 is 0 Å². The number of hydrogen-bond donors (Lipinski definition) is 0. The first-order valence-corrected chi connectivity index (χ1v) is 13.3. The molecule has 2 aliphatic carbocycles. The minimum absolute atomic E-state index is 0.661. The molecule has 0 N–H and O–H groups in total. The van der Waals surface area contributed by atoms with Gasteiger partial charge in [0.25, 0.3) is 0 Å². The van der Waals surface area contributed by atoms with Crippen molar-refractivity contribution in [3.63, 3.8) is 0 Å². The third kappa shape index (κ3) is 4.10. The molecule has 0 aromatic carbocycles. The van der Waals surface area contributed by atoms with Gasteiger partial charge in [-0.05, 0) is 55.5 Å². The van der Waals surface area contributed by atoms with Crippen molar-refractivity contribution >= 4 is 41.0 Å². The zero-order chi connectivity index (χ0) is 16.5. The highest BCUT2D eigenvalue weighted by Gasteiger charge is 2.30. The second kappa shape index (κ2) is 6.99. The van der Waals surface area contributed by atoms with Crippen molar-refractivity contribution in [1.82, 2.24) is 0 Å². The quantitative estimate of drug-likeness (QED) is 0.614. The van der Waals surface area contributed by atoms with Crippen LogP contribution in [0.1, 0.15) is 26.7 Å². The van der Waals surface area contributed by atoms with Gasteiger partial charge in [0.2, 0.25) is 8.32 Å². The molecule has 0 spiro atoms. The molecule has 0 fully saturated rings. The van der Waals surface area contributed by atoms with Crippen molar-refractivity contribution in [2.45, 2.75) is 46.3 Å². The Bertz CT molecular complexity index is 596. The van der Waals surface area contributed by atoms with Gasteiger partial charge in [-0.15, -0.1) is 0 Å². The molecule has 122 valence electrons. The lowest BCUT2D eigenvalue weighted by atomic mass is 10.3. The van der Waals surface area contributed by atoms with E-state index in [4.69, 9.17) is 32.4 Å². The fourth-order valence-corrected chi connectivity index (χ4v) is 6.53. The average Bonchev–Trinajstić information content (AvgIpc) is 2.85. The van der Waals surface area contributed by atoms with Crippen LogP contribution in [0, 0.1) is 0 Å². The summed E-state index contributed by atoms with van der Waals surface area (Å²) in [6, 6.07) is 0. The minimum Gasteiger partial charge on any atom is -0.544 e. The molecule has 0 heterocycles. The summed E-state index contributed by atoms with van der Waals surface area (Å²) < 4.78 is 12.1. The van der Waals surface area contributed by atoms with Crippen LogP contribution in [0.15, 0.2) is 43.6 Å². The SMILES string of the molecule is CCOC1=CCC(Cl)=C1[SiH2]C1=C(Cl)CC(C)=C1O[Si](C)(C)C. The average molecular weight is 375 g/mol. The number of allylic oxidation sites excluding steroid dienone is 6. The van der Waals surface area contributed by atoms with E-state index in [1.807, 2.05) is 6.92 Å². The van der Waals surface area contributed by atoms with E-state index < -0.39 is 17.8 Å². The van der Waals surface area contributed by atoms with Crippen molar-refractivity contribution in [1.29, 1.82) is 0 Å². The Morgan fingerprint density at radius 3 is 2.45 bits per heavy atom. The molecule has 6 heteroatoms. The predicted molar refractivity (Wildman–Crippen MR) is 100 cm³/mol. The van der Waals surface area contributed by atoms with Gasteiger partial charge in [0.05, 0.1) is 6.61 Å². The molecule has 0 saturated carbocycles. The lowest BCUT2D eigenvalue weighted by Gasteiger charge is -2.23. The third-order valence-corrected chi connectivity index (χ3v) is 7.80. The maximum atomic E-state index is 6.53. The van der Waals surface area contributed by atoms with Crippen molar-refractivity contribution in [3.8, 4) is 0 Å². The fourth-order valence-electron chi connectivity index (χ4n) is 2.66. The number of ether oxygens (including phenoxy) is 1. The zero-order valence-corrected chi connectivity index (χ0v) is 17.9. The molecule has 0 unspecified atom stereocenters. The maximum absolute atomic E-state index is 6.53. The molecular formula is C16H24Cl2O2Si2. The van der Waals surface area contributed by atoms with Crippen LogP contribution in [0.25, 0.3) is 0 Å². The summed E-state index contributed by atoms with van der Waals surface area (Å²) in [5.41, 5.74) is 1.24. The molecule has 2 aliphatic rings. The molecule has 0 aromatic heterocycles. The Morgan fingerprint density at radius 2 is 1.86 bits per heavy atom. The standard InChI is InChI=1S/C16H24Cl2O2Si2/c1-6-19-13-8-7-11(17)15(13)21-16-12(18)9-10(2)14(16)20-22(3,4)5/h8H,6-7,9,21H2,1-5H3. The number of rotatable bonds is 6. The van der Waals surface area contributed by atoms with Gasteiger partial charge in [0, 0.05) is 22.9 Å². The highest BCUT2D eigenvalue weighted by Crippen LogP contribution is 2.39. The number of hydrogen-bond acceptors (Lipinski definition) is 2. The molecule has 0 amide bonds. The Kier molecular flexibility index (Phi) is 5.70. The molecule has 0 aromatic rings. The van der Waals surface area contributed by atoms with Gasteiger partial charge in [-0.2, -0.15) is 0 Å². The van der Waals surface area contributed by atoms with Gasteiger partial charge in [-0.1, -0.05) is 23.2 Å². The van der Waals surface area contributed by atoms with Crippen LogP contribution in [0.5, 0.6) is 0 Å². The first-order valence-electron chi connectivity index (χ1n) is 7.70. The van der Waals surface area contributed by atoms with Crippen LogP contribution in [-0.2, 0) is 9.16 Å². The van der Waals surface area contributed by atoms with Crippen LogP contribution in [0.4, 0.5) is 0 Å². The minimum atomic E-state index is -1.66. The second-order valence-electron chi connectivity index (χ2n) is 6.65. The normalized spacial score (nSPS) is 19.9. The van der Waals surface area contributed by atoms with Crippen LogP contribution in [0.2, 0.25) is 19.6 Å². The molecule has 0 radical (unpaired) electrons. The summed E-state index contributed by atoms with van der Waals surface area (Å²) in [6.45, 7) is 11.4. The highest BCUT2D eigenvalue weighted by atomic mass is 35.5. The van der Waals surface area contributed by atoms with Crippen molar-refractivity contribution in [2.75, 3.05) is 6.61 Å². The van der Waals surface area contributed by atoms with E-state index in [1.165, 1.54) is 16.0 Å². The maximum Gasteiger partial charge on any atom is 0.242 e. The van der Waals surface area contributed by atoms with E-state index in [1.54, 1.807) is 0 Å². The molecule has 0 saturated heterocycles. The van der Waals surface area contributed by atoms with Gasteiger partial charge < -0.3 is 9.16 Å². The molecule has 2 nitrogen and oxygen atoms in total. The molecule has 0 atom stereocenters. The Morgan fingerprint density at radius 1 is 1.18 bits per heavy atom. The van der Waals surface area contributed by atoms with E-state index in [0.717, 1.165) is 34.4 Å². The van der Waals surface area contributed by atoms with Gasteiger partial charge in [0.1, 0.15) is 21.0 Å². The smallest absolute Gasteiger partial charge is 0.242 e. The molecule has 0 bridgehead atoms. The molecule has 2 rings (SSSR count). The summed E-state index contributed by atoms with van der Waals surface area (Å²) in [4.78, 5) is 0. The summed E-state index contributed by atoms with van der Waals surface area (Å²) in [5, 5.41) is 4.23. The summed E-state index contributed by atoms with van der Waals surface area (Å²) in [7, 11) is -2.47. The summed E-state index contributed by atoms with van der Waals surface area (Å²) in [6.07, 6.45) is 3.66. The van der Waals surface area contributed by atoms with Crippen molar-refractivity contribution in [3.05, 3.63) is 43.6 Å². The number of halogens is 2. The van der Waals surface area contributed by atoms with Crippen molar-refractivity contribution < 1.29 is 9.16 Å². The van der Waals surface area contributed by atoms with Crippen molar-refractivity contribution in [2.24, 2.45) is 0 Å². The van der Waals surface area contributed by atoms with E-state index in [2.05, 4.69) is 32.6 Å². The van der Waals surface area contributed by atoms with Gasteiger partial charge in [-0.3, -0.25) is 0 Å². The summed E-state index contributed by atoms with van der Waals surface area (Å²) in [5.74, 6) is 1.99. The molecule has 0 aliphatic heterocycles. The van der Waals surface area contributed by atoms with Gasteiger partial charge in [-0.25, -0.2) is 0 Å². The van der Waals surface area contributed by atoms with E-state index >= 15 is 0 Å². The first kappa shape index (κ1) is 17.9. The highest BCUT2D eigenvalue weighted by molar-refractivity contribution is 6.70. The van der Waals surface area contributed by atoms with E-state index in [9.17, 15) is 0 Å². The van der Waals surface area contributed by atoms with Gasteiger partial charge >= 0.3 is 0 Å². The summed E-state index contributed by atoms with van der Waals surface area (Å²) >= 11 is 13.0. The van der Waals surface area contributed by atoms with Crippen LogP contribution >= 0.6 is 23.2 Å². The van der Waals surface area contributed by atoms with E-state index in [-0.39, 0.29) is 0 Å². The zero-order valence-electron chi connectivity index (χ0n) is 14.0. The van der Waals surface area contributed by atoms with Crippen LogP contribution in [-0.4, -0.2) is 24.4 Å². The first-order chi connectivity index (χ1) is 10.2. The Labute approximate surface area is 146 Å².